The SMILES string of the molecule is CCCCCC/C=C/CC/C=C/CC/C=C/C(O)C(COC1OC(CO)C(OC2OC(CO)C(OC3OC(CO)C(O)C(O)C3O)C(O)C2O)C(O)C1O)NC(=O)CCCCCCCCCCCCCCCCCCCCCCCCCCCCCCCCCCCCCC. The summed E-state index contributed by atoms with van der Waals surface area (Å²) in [5.41, 5.74) is 0. The Hall–Kier alpha value is -1.99. The molecule has 1 amide bonds. The molecule has 0 aromatic carbocycles. The first kappa shape index (κ1) is 87.2. The highest BCUT2D eigenvalue weighted by molar-refractivity contribution is 5.76. The first-order valence-corrected chi connectivity index (χ1v) is 38.7. The third-order valence-corrected chi connectivity index (χ3v) is 19.4. The van der Waals surface area contributed by atoms with Gasteiger partial charge in [-0.15, -0.1) is 0 Å². The van der Waals surface area contributed by atoms with Crippen molar-refractivity contribution in [3.8, 4) is 0 Å². The Bertz CT molecular complexity index is 1860. The Labute approximate surface area is 574 Å². The largest absolute Gasteiger partial charge is 0.394 e. The van der Waals surface area contributed by atoms with E-state index in [0.717, 1.165) is 44.9 Å². The molecule has 0 aliphatic carbocycles. The maximum atomic E-state index is 13.4. The van der Waals surface area contributed by atoms with E-state index in [2.05, 4.69) is 43.5 Å². The van der Waals surface area contributed by atoms with Gasteiger partial charge in [0, 0.05) is 6.42 Å². The molecule has 3 fully saturated rings. The number of allylic oxidation sites excluding steroid dienone is 5. The molecule has 558 valence electrons. The van der Waals surface area contributed by atoms with Gasteiger partial charge in [0.15, 0.2) is 18.9 Å². The van der Waals surface area contributed by atoms with Gasteiger partial charge in [-0.05, 0) is 44.9 Å². The van der Waals surface area contributed by atoms with Crippen molar-refractivity contribution >= 4 is 5.91 Å². The smallest absolute Gasteiger partial charge is 0.220 e. The van der Waals surface area contributed by atoms with Gasteiger partial charge in [0.05, 0.1) is 38.6 Å². The Morgan fingerprint density at radius 2 is 0.674 bits per heavy atom. The second-order valence-electron chi connectivity index (χ2n) is 27.8. The molecular formula is C76H141NO18. The molecule has 19 heteroatoms. The molecule has 3 saturated heterocycles. The van der Waals surface area contributed by atoms with E-state index in [1.807, 2.05) is 6.08 Å². The van der Waals surface area contributed by atoms with E-state index in [4.69, 9.17) is 28.4 Å². The zero-order valence-electron chi connectivity index (χ0n) is 59.4. The minimum atomic E-state index is -1.98. The maximum Gasteiger partial charge on any atom is 0.220 e. The second-order valence-corrected chi connectivity index (χ2v) is 27.8. The van der Waals surface area contributed by atoms with E-state index >= 15 is 0 Å². The third kappa shape index (κ3) is 38.6. The highest BCUT2D eigenvalue weighted by Gasteiger charge is 2.53. The van der Waals surface area contributed by atoms with Crippen LogP contribution in [0.4, 0.5) is 0 Å². The molecule has 17 unspecified atom stereocenters. The van der Waals surface area contributed by atoms with Crippen LogP contribution in [-0.4, -0.2) is 193 Å². The number of nitrogens with one attached hydrogen (secondary N) is 1. The van der Waals surface area contributed by atoms with Gasteiger partial charge in [-0.3, -0.25) is 4.79 Å². The number of hydrogen-bond donors (Lipinski definition) is 12. The van der Waals surface area contributed by atoms with Crippen LogP contribution in [-0.2, 0) is 33.2 Å². The maximum absolute atomic E-state index is 13.4. The molecular weight excluding hydrogens is 1210 g/mol. The van der Waals surface area contributed by atoms with Gasteiger partial charge in [0.25, 0.3) is 0 Å². The first-order chi connectivity index (χ1) is 46.3. The minimum absolute atomic E-state index is 0.236. The van der Waals surface area contributed by atoms with Crippen LogP contribution in [0.2, 0.25) is 0 Å². The van der Waals surface area contributed by atoms with Crippen molar-refractivity contribution < 1.29 is 89.4 Å². The molecule has 0 aromatic rings. The normalized spacial score (nSPS) is 27.4. The summed E-state index contributed by atoms with van der Waals surface area (Å²) in [6, 6.07) is -0.994. The number of amides is 1. The van der Waals surface area contributed by atoms with Gasteiger partial charge in [-0.25, -0.2) is 0 Å². The molecule has 95 heavy (non-hydrogen) atoms. The van der Waals surface area contributed by atoms with E-state index in [1.165, 1.54) is 231 Å². The summed E-state index contributed by atoms with van der Waals surface area (Å²) < 4.78 is 34.3. The average Bonchev–Trinajstić information content (AvgIpc) is 0.787. The molecule has 3 heterocycles. The molecule has 0 spiro atoms. The van der Waals surface area contributed by atoms with Gasteiger partial charge >= 0.3 is 0 Å². The van der Waals surface area contributed by atoms with Crippen LogP contribution in [0.3, 0.4) is 0 Å². The van der Waals surface area contributed by atoms with Gasteiger partial charge in [-0.1, -0.05) is 294 Å². The number of carbonyl (C=O) groups is 1. The molecule has 0 saturated carbocycles. The van der Waals surface area contributed by atoms with Gasteiger partial charge in [-0.2, -0.15) is 0 Å². The zero-order chi connectivity index (χ0) is 68.9. The predicted octanol–water partition coefficient (Wildman–Crippen LogP) is 11.9. The standard InChI is InChI=1S/C76H141NO18/c1-3-5-7-9-11-13-15-17-19-20-21-22-23-24-25-26-27-28-29-30-31-32-33-34-35-36-37-38-39-40-42-44-46-48-50-52-54-64(82)77-59(60(81)53-51-49-47-45-43-41-18-16-14-12-10-8-6-4-2)58-90-74-70(88)67(85)72(62(56-79)92-74)95-76-71(89)68(86)73(63(57-80)93-76)94-75-69(87)66(84)65(83)61(55-78)91-75/h14,16,43,45,51,53,59-63,65-76,78-81,83-89H,3-13,15,17-42,44,46-50,52,54-58H2,1-2H3,(H,77,82)/b16-14+,45-43+,53-51+. The summed E-state index contributed by atoms with van der Waals surface area (Å²) in [5, 5.41) is 120. The van der Waals surface area contributed by atoms with Crippen LogP contribution in [0.5, 0.6) is 0 Å². The van der Waals surface area contributed by atoms with Crippen LogP contribution >= 0.6 is 0 Å². The number of aliphatic hydroxyl groups is 11. The fourth-order valence-corrected chi connectivity index (χ4v) is 13.2. The Balaban J connectivity index is 1.31. The van der Waals surface area contributed by atoms with Crippen LogP contribution < -0.4 is 5.32 Å². The van der Waals surface area contributed by atoms with E-state index in [1.54, 1.807) is 6.08 Å². The minimum Gasteiger partial charge on any atom is -0.394 e. The molecule has 12 N–H and O–H groups in total. The lowest BCUT2D eigenvalue weighted by molar-refractivity contribution is -0.379. The summed E-state index contributed by atoms with van der Waals surface area (Å²) in [6.45, 7) is 1.71. The topological polar surface area (TPSA) is 307 Å². The Morgan fingerprint density at radius 1 is 0.368 bits per heavy atom. The van der Waals surface area contributed by atoms with Crippen molar-refractivity contribution in [1.82, 2.24) is 5.32 Å². The van der Waals surface area contributed by atoms with Crippen molar-refractivity contribution in [2.45, 2.75) is 413 Å². The number of carbonyl (C=O) groups excluding carboxylic acids is 1. The molecule has 3 rings (SSSR count). The highest BCUT2D eigenvalue weighted by atomic mass is 16.8. The van der Waals surface area contributed by atoms with E-state index < -0.39 is 124 Å². The van der Waals surface area contributed by atoms with Crippen molar-refractivity contribution in [3.63, 3.8) is 0 Å². The van der Waals surface area contributed by atoms with Crippen LogP contribution in [0.25, 0.3) is 0 Å². The van der Waals surface area contributed by atoms with Crippen molar-refractivity contribution in [1.29, 1.82) is 0 Å². The predicted molar refractivity (Wildman–Crippen MR) is 374 cm³/mol. The number of hydrogen-bond acceptors (Lipinski definition) is 18. The molecule has 0 aromatic heterocycles. The first-order valence-electron chi connectivity index (χ1n) is 38.7. The summed E-state index contributed by atoms with van der Waals surface area (Å²) in [5.74, 6) is -0.285. The van der Waals surface area contributed by atoms with E-state index in [-0.39, 0.29) is 18.9 Å². The molecule has 0 radical (unpaired) electrons. The summed E-state index contributed by atoms with van der Waals surface area (Å²) in [6.07, 6.45) is 43.2. The second kappa shape index (κ2) is 57.6. The number of rotatable bonds is 61. The van der Waals surface area contributed by atoms with Crippen molar-refractivity contribution in [2.24, 2.45) is 0 Å². The average molecular weight is 1360 g/mol. The summed E-state index contributed by atoms with van der Waals surface area (Å²) in [7, 11) is 0. The zero-order valence-corrected chi connectivity index (χ0v) is 59.4. The third-order valence-electron chi connectivity index (χ3n) is 19.4. The molecule has 19 nitrogen and oxygen atoms in total. The van der Waals surface area contributed by atoms with Crippen LogP contribution in [0.15, 0.2) is 36.5 Å². The van der Waals surface area contributed by atoms with Gasteiger partial charge in [0.2, 0.25) is 5.91 Å². The Morgan fingerprint density at radius 3 is 1.05 bits per heavy atom. The van der Waals surface area contributed by atoms with Crippen LogP contribution in [0, 0.1) is 0 Å². The molecule has 3 aliphatic heterocycles. The van der Waals surface area contributed by atoms with E-state index in [9.17, 15) is 61.0 Å². The Kier molecular flexibility index (Phi) is 52.9. The fraction of sp³-hybridized carbons (Fsp3) is 0.908. The molecule has 0 bridgehead atoms. The summed E-state index contributed by atoms with van der Waals surface area (Å²) in [4.78, 5) is 13.4. The molecule has 17 atom stereocenters. The quantitative estimate of drug-likeness (QED) is 0.0199. The summed E-state index contributed by atoms with van der Waals surface area (Å²) >= 11 is 0. The molecule has 3 aliphatic rings. The highest BCUT2D eigenvalue weighted by Crippen LogP contribution is 2.33. The van der Waals surface area contributed by atoms with Crippen molar-refractivity contribution in [2.75, 3.05) is 26.4 Å². The van der Waals surface area contributed by atoms with Crippen LogP contribution in [0.1, 0.15) is 309 Å². The van der Waals surface area contributed by atoms with Gasteiger partial charge < -0.3 is 89.9 Å². The lowest BCUT2D eigenvalue weighted by Gasteiger charge is -2.48. The monoisotopic (exact) mass is 1360 g/mol. The lowest BCUT2D eigenvalue weighted by atomic mass is 9.96. The van der Waals surface area contributed by atoms with E-state index in [0.29, 0.717) is 12.8 Å². The van der Waals surface area contributed by atoms with Gasteiger partial charge in [0.1, 0.15) is 73.2 Å². The fourth-order valence-electron chi connectivity index (χ4n) is 13.2. The number of unbranched alkanes of at least 4 members (excludes halogenated alkanes) is 41. The number of aliphatic hydroxyl groups excluding tert-OH is 11. The lowest BCUT2D eigenvalue weighted by Crippen LogP contribution is -2.66. The number of ether oxygens (including phenoxy) is 6. The van der Waals surface area contributed by atoms with Crippen molar-refractivity contribution in [3.05, 3.63) is 36.5 Å².